The fourth-order valence-electron chi connectivity index (χ4n) is 8.10. The van der Waals surface area contributed by atoms with Crippen LogP contribution >= 0.6 is 68.0 Å². The Hall–Kier alpha value is -7.64. The molecule has 7 aromatic heterocycles. The van der Waals surface area contributed by atoms with Crippen molar-refractivity contribution in [3.05, 3.63) is 117 Å². The summed E-state index contributed by atoms with van der Waals surface area (Å²) in [6.45, 7) is 4.36. The number of carbonyl (C=O) groups excluding carboxylic acids is 6. The number of aliphatic hydroxyl groups excluding tert-OH is 2. The first-order valence-electron chi connectivity index (χ1n) is 24.5. The van der Waals surface area contributed by atoms with Gasteiger partial charge in [0.25, 0.3) is 23.6 Å². The number of nitrogens with one attached hydrogen (secondary N) is 6. The van der Waals surface area contributed by atoms with Crippen molar-refractivity contribution < 1.29 is 48.9 Å². The molecule has 0 fully saturated rings. The third-order valence-electron chi connectivity index (χ3n) is 12.2. The van der Waals surface area contributed by atoms with Crippen LogP contribution in [0.25, 0.3) is 43.4 Å². The predicted molar refractivity (Wildman–Crippen MR) is 301 cm³/mol. The second-order valence-corrected chi connectivity index (χ2v) is 24.0. The number of hydrogen-bond acceptors (Lipinski definition) is 22. The van der Waals surface area contributed by atoms with Crippen molar-refractivity contribution in [3.63, 3.8) is 0 Å². The highest BCUT2D eigenvalue weighted by atomic mass is 32.1. The predicted octanol–water partition coefficient (Wildman–Crippen LogP) is 6.25. The van der Waals surface area contributed by atoms with E-state index in [1.807, 2.05) is 13.8 Å². The highest BCUT2D eigenvalue weighted by Gasteiger charge is 2.33. The molecule has 1 aromatic carbocycles. The molecule has 4 unspecified atom stereocenters. The Morgan fingerprint density at radius 2 is 1.41 bits per heavy atom. The minimum absolute atomic E-state index is 0.00268. The lowest BCUT2D eigenvalue weighted by atomic mass is 10.0. The molecule has 0 saturated carbocycles. The van der Waals surface area contributed by atoms with E-state index in [4.69, 9.17) is 25.0 Å². The van der Waals surface area contributed by atoms with Gasteiger partial charge in [0.15, 0.2) is 0 Å². The third-order valence-corrected chi connectivity index (χ3v) is 17.9. The van der Waals surface area contributed by atoms with Crippen LogP contribution in [0.4, 0.5) is 0 Å². The molecule has 10 bridgehead atoms. The molecule has 414 valence electrons. The number of carboxylic acid groups (broad SMARTS) is 1. The number of rotatable bonds is 12. The molecule has 8 heterocycles. The van der Waals surface area contributed by atoms with Crippen molar-refractivity contribution in [2.24, 2.45) is 5.92 Å². The number of hydrogen-bond donors (Lipinski definition) is 9. The fraction of sp³-hybridized carbons (Fsp3) is 0.294. The van der Waals surface area contributed by atoms with Crippen LogP contribution in [0.5, 0.6) is 0 Å². The lowest BCUT2D eigenvalue weighted by Gasteiger charge is -2.23. The number of amides is 6. The number of pyridine rings is 1. The summed E-state index contributed by atoms with van der Waals surface area (Å²) < 4.78 is 0. The lowest BCUT2D eigenvalue weighted by Crippen LogP contribution is -2.40. The quantitative estimate of drug-likeness (QED) is 0.0610. The number of carbonyl (C=O) groups is 7. The van der Waals surface area contributed by atoms with Crippen LogP contribution in [-0.4, -0.2) is 112 Å². The van der Waals surface area contributed by atoms with E-state index in [0.29, 0.717) is 63.8 Å². The number of fused-ring (bicyclic) bond motifs is 14. The Bertz CT molecular complexity index is 3620. The van der Waals surface area contributed by atoms with Crippen LogP contribution in [0.3, 0.4) is 0 Å². The Morgan fingerprint density at radius 1 is 0.700 bits per heavy atom. The Kier molecular flexibility index (Phi) is 18.0. The SMILES string of the molecule is CNC(=O)CC1NC(=O)c2csc(n2)-c2ccc(-c3nc(C(=O)NCCCC(=O)O)cs3)nc2-c2csc(n2)-c2csc(n2)C(C(O)c2ccccc2)NC(=O)CNC(=O)c2nc(sc2CO)C(C(C)C)NC(=O)c2nc1sc2C. The summed E-state index contributed by atoms with van der Waals surface area (Å²) in [7, 11) is 1.46. The minimum atomic E-state index is -1.30. The maximum atomic E-state index is 14.2. The van der Waals surface area contributed by atoms with Crippen LogP contribution in [-0.2, 0) is 21.0 Å². The van der Waals surface area contributed by atoms with E-state index in [-0.39, 0.29) is 64.4 Å². The van der Waals surface area contributed by atoms with Gasteiger partial charge in [-0.3, -0.25) is 33.6 Å². The van der Waals surface area contributed by atoms with Gasteiger partial charge in [-0.25, -0.2) is 34.9 Å². The average Bonchev–Trinajstić information content (AvgIpc) is 4.35. The number of aliphatic carboxylic acids is 1. The molecule has 80 heavy (non-hydrogen) atoms. The van der Waals surface area contributed by atoms with Gasteiger partial charge in [0.2, 0.25) is 11.8 Å². The van der Waals surface area contributed by atoms with E-state index >= 15 is 0 Å². The number of carboxylic acids is 1. The van der Waals surface area contributed by atoms with E-state index in [9.17, 15) is 43.8 Å². The molecule has 0 spiro atoms. The highest BCUT2D eigenvalue weighted by Crippen LogP contribution is 2.40. The smallest absolute Gasteiger partial charge is 0.303 e. The summed E-state index contributed by atoms with van der Waals surface area (Å²) in [6, 6.07) is 9.21. The van der Waals surface area contributed by atoms with Gasteiger partial charge in [-0.05, 0) is 37.0 Å². The van der Waals surface area contributed by atoms with Crippen LogP contribution in [0.2, 0.25) is 0 Å². The lowest BCUT2D eigenvalue weighted by molar-refractivity contribution is -0.137. The van der Waals surface area contributed by atoms with Gasteiger partial charge in [-0.2, -0.15) is 0 Å². The first-order valence-corrected chi connectivity index (χ1v) is 29.7. The average molecular weight is 1200 g/mol. The summed E-state index contributed by atoms with van der Waals surface area (Å²) in [6.07, 6.45) is -1.41. The molecule has 0 saturated heterocycles. The summed E-state index contributed by atoms with van der Waals surface area (Å²) >= 11 is 6.85. The molecule has 9 N–H and O–H groups in total. The molecular formula is C51H49N13O10S6. The molecule has 6 amide bonds. The van der Waals surface area contributed by atoms with Crippen LogP contribution in [0.15, 0.2) is 64.0 Å². The van der Waals surface area contributed by atoms with E-state index < -0.39 is 78.8 Å². The highest BCUT2D eigenvalue weighted by molar-refractivity contribution is 7.15. The zero-order valence-electron chi connectivity index (χ0n) is 42.8. The van der Waals surface area contributed by atoms with E-state index in [0.717, 1.165) is 45.3 Å². The van der Waals surface area contributed by atoms with Gasteiger partial charge in [-0.1, -0.05) is 44.2 Å². The van der Waals surface area contributed by atoms with Crippen LogP contribution in [0, 0.1) is 12.8 Å². The molecule has 0 aliphatic carbocycles. The molecule has 4 atom stereocenters. The Balaban J connectivity index is 1.12. The van der Waals surface area contributed by atoms with Gasteiger partial charge in [0.05, 0.1) is 42.2 Å². The van der Waals surface area contributed by atoms with Gasteiger partial charge >= 0.3 is 5.97 Å². The number of thiazole rings is 6. The van der Waals surface area contributed by atoms with Crippen molar-refractivity contribution in [1.82, 2.24) is 66.8 Å². The van der Waals surface area contributed by atoms with Gasteiger partial charge in [-0.15, -0.1) is 68.0 Å². The number of aryl methyl sites for hydroxylation is 1. The molecule has 9 rings (SSSR count). The third kappa shape index (κ3) is 13.0. The first-order chi connectivity index (χ1) is 38.5. The monoisotopic (exact) mass is 1200 g/mol. The number of nitrogens with zero attached hydrogens (tertiary/aromatic N) is 7. The summed E-state index contributed by atoms with van der Waals surface area (Å²) in [5.74, 6) is -4.86. The first kappa shape index (κ1) is 57.1. The largest absolute Gasteiger partial charge is 0.481 e. The normalized spacial score (nSPS) is 16.5. The Labute approximate surface area is 479 Å². The van der Waals surface area contributed by atoms with Crippen LogP contribution < -0.4 is 31.9 Å². The van der Waals surface area contributed by atoms with Crippen molar-refractivity contribution >= 4 is 109 Å². The molecule has 1 aliphatic heterocycles. The number of benzene rings is 1. The van der Waals surface area contributed by atoms with Crippen LogP contribution in [0.1, 0.15) is 130 Å². The van der Waals surface area contributed by atoms with Crippen molar-refractivity contribution in [2.45, 2.75) is 70.9 Å². The number of aliphatic hydroxyl groups is 2. The van der Waals surface area contributed by atoms with Crippen molar-refractivity contribution in [2.75, 3.05) is 20.1 Å². The Morgan fingerprint density at radius 3 is 2.16 bits per heavy atom. The number of aromatic nitrogens is 7. The molecule has 8 aromatic rings. The zero-order valence-corrected chi connectivity index (χ0v) is 47.7. The standard InChI is InChI=1S/C51H49N13O10S6/c1-22(2)36-51-64-39(32(17-65)80-51)44(73)54-16-34(67)61-40(41(70)24-9-6-5-7-10-24)50-60-31(21-78-50)48-57-28(18-76-48)38-25(12-13-26(55-38)47-59-29(19-77-47)42(71)53-14-8-11-35(68)69)46-58-30(20-75-46)43(72)56-27(15-33(66)52-4)49-63-37(23(3)79-49)45(74)62-36/h5-7,9-10,12-13,18-22,27,36,40-41,65,70H,8,11,14-17H2,1-4H3,(H,52,66)(H,53,71)(H,54,73)(H,56,72)(H,61,67)(H,62,74)(H,68,69). The van der Waals surface area contributed by atoms with E-state index in [1.165, 1.54) is 29.7 Å². The fourth-order valence-corrected chi connectivity index (χ4v) is 13.5. The maximum absolute atomic E-state index is 14.2. The molecule has 1 aliphatic rings. The maximum Gasteiger partial charge on any atom is 0.303 e. The van der Waals surface area contributed by atoms with E-state index in [1.54, 1.807) is 70.9 Å². The summed E-state index contributed by atoms with van der Waals surface area (Å²) in [4.78, 5) is 127. The second kappa shape index (κ2) is 25.2. The summed E-state index contributed by atoms with van der Waals surface area (Å²) in [5, 5.41) is 56.4. The second-order valence-electron chi connectivity index (χ2n) is 18.2. The molecule has 0 radical (unpaired) electrons. The van der Waals surface area contributed by atoms with Gasteiger partial charge in [0.1, 0.15) is 82.0 Å². The topological polar surface area (TPSA) is 343 Å². The van der Waals surface area contributed by atoms with Crippen molar-refractivity contribution in [3.8, 4) is 43.4 Å². The van der Waals surface area contributed by atoms with Gasteiger partial charge in [0, 0.05) is 52.0 Å². The molecule has 23 nitrogen and oxygen atoms in total. The van der Waals surface area contributed by atoms with Gasteiger partial charge < -0.3 is 47.2 Å². The minimum Gasteiger partial charge on any atom is -0.481 e. The van der Waals surface area contributed by atoms with E-state index in [2.05, 4.69) is 46.9 Å². The van der Waals surface area contributed by atoms with Crippen molar-refractivity contribution in [1.29, 1.82) is 0 Å². The molecule has 29 heteroatoms. The molecular weight excluding hydrogens is 1150 g/mol. The summed E-state index contributed by atoms with van der Waals surface area (Å²) in [5.41, 5.74) is 2.42. The zero-order chi connectivity index (χ0) is 56.8.